The van der Waals surface area contributed by atoms with Gasteiger partial charge in [-0.3, -0.25) is 14.3 Å². The van der Waals surface area contributed by atoms with E-state index in [-0.39, 0.29) is 18.2 Å². The van der Waals surface area contributed by atoms with E-state index in [0.717, 1.165) is 0 Å². The first kappa shape index (κ1) is 18.0. The summed E-state index contributed by atoms with van der Waals surface area (Å²) in [5, 5.41) is 0. The van der Waals surface area contributed by atoms with Gasteiger partial charge in [-0.25, -0.2) is 8.42 Å². The summed E-state index contributed by atoms with van der Waals surface area (Å²) in [6.07, 6.45) is 1.29. The van der Waals surface area contributed by atoms with Crippen molar-refractivity contribution in [2.24, 2.45) is 0 Å². The van der Waals surface area contributed by atoms with Gasteiger partial charge in [-0.15, -0.1) is 6.58 Å². The van der Waals surface area contributed by atoms with Crippen LogP contribution >= 0.6 is 0 Å². The van der Waals surface area contributed by atoms with E-state index in [1.807, 2.05) is 0 Å². The van der Waals surface area contributed by atoms with Gasteiger partial charge in [-0.05, 0) is 37.6 Å². The third kappa shape index (κ3) is 3.28. The van der Waals surface area contributed by atoms with Gasteiger partial charge in [-0.2, -0.15) is 0 Å². The minimum Gasteiger partial charge on any atom is -0.468 e. The topological polar surface area (TPSA) is 92.8 Å². The molecule has 1 aliphatic rings. The molecule has 1 amide bonds. The number of hydrogen-bond acceptors (Lipinski definition) is 5. The molecule has 1 aromatic rings. The monoisotopic (exact) mass is 352 g/mol. The molecule has 1 aliphatic heterocycles. The first-order valence-electron chi connectivity index (χ1n) is 7.27. The molecule has 0 aliphatic carbocycles. The van der Waals surface area contributed by atoms with Crippen LogP contribution in [0.3, 0.4) is 0 Å². The van der Waals surface area contributed by atoms with E-state index >= 15 is 0 Å². The third-order valence-corrected chi connectivity index (χ3v) is 5.09. The molecule has 0 saturated carbocycles. The highest BCUT2D eigenvalue weighted by Gasteiger charge is 2.44. The van der Waals surface area contributed by atoms with Crippen molar-refractivity contribution in [3.63, 3.8) is 0 Å². The number of ether oxygens (including phenoxy) is 1. The molecule has 7 nitrogen and oxygen atoms in total. The molecule has 0 radical (unpaired) electrons. The molecule has 0 fully saturated rings. The Hall–Kier alpha value is -2.35. The number of nitrogens with zero attached hydrogens (tertiary/aromatic N) is 1. The predicted molar refractivity (Wildman–Crippen MR) is 91.4 cm³/mol. The number of anilines is 2. The zero-order valence-corrected chi connectivity index (χ0v) is 14.6. The maximum absolute atomic E-state index is 12.6. The van der Waals surface area contributed by atoms with Crippen molar-refractivity contribution in [3.05, 3.63) is 36.4 Å². The molecule has 1 heterocycles. The molecule has 0 bridgehead atoms. The van der Waals surface area contributed by atoms with Crippen molar-refractivity contribution in [2.75, 3.05) is 29.0 Å². The van der Waals surface area contributed by atoms with Gasteiger partial charge in [0.2, 0.25) is 15.9 Å². The van der Waals surface area contributed by atoms with Gasteiger partial charge in [0.15, 0.2) is 0 Å². The summed E-state index contributed by atoms with van der Waals surface area (Å²) in [7, 11) is -2.27. The second-order valence-corrected chi connectivity index (χ2v) is 7.76. The van der Waals surface area contributed by atoms with Crippen LogP contribution < -0.4 is 9.62 Å². The van der Waals surface area contributed by atoms with Gasteiger partial charge in [0.1, 0.15) is 6.54 Å². The summed E-state index contributed by atoms with van der Waals surface area (Å²) in [4.78, 5) is 25.5. The zero-order valence-electron chi connectivity index (χ0n) is 13.8. The molecule has 2 rings (SSSR count). The van der Waals surface area contributed by atoms with Crippen LogP contribution in [0.15, 0.2) is 30.9 Å². The highest BCUT2D eigenvalue weighted by Crippen LogP contribution is 2.42. The average molecular weight is 352 g/mol. The molecular formula is C16H20N2O5S. The molecule has 0 saturated heterocycles. The number of hydrogen-bond donors (Lipinski definition) is 1. The van der Waals surface area contributed by atoms with Gasteiger partial charge in [0.25, 0.3) is 0 Å². The second-order valence-electron chi connectivity index (χ2n) is 6.00. The Bertz CT molecular complexity index is 799. The van der Waals surface area contributed by atoms with Crippen molar-refractivity contribution < 1.29 is 22.7 Å². The number of amides is 1. The third-order valence-electron chi connectivity index (χ3n) is 3.87. The number of fused-ring (bicyclic) bond motifs is 1. The Morgan fingerprint density at radius 3 is 2.67 bits per heavy atom. The number of sulfonamides is 1. The van der Waals surface area contributed by atoms with Gasteiger partial charge < -0.3 is 9.64 Å². The van der Waals surface area contributed by atoms with E-state index in [1.165, 1.54) is 18.1 Å². The largest absolute Gasteiger partial charge is 0.468 e. The van der Waals surface area contributed by atoms with Gasteiger partial charge in [0, 0.05) is 11.4 Å². The number of benzene rings is 1. The van der Waals surface area contributed by atoms with Crippen LogP contribution in [0, 0.1) is 0 Å². The van der Waals surface area contributed by atoms with E-state index in [1.54, 1.807) is 32.0 Å². The lowest BCUT2D eigenvalue weighted by atomic mass is 9.86. The molecular weight excluding hydrogens is 332 g/mol. The summed E-state index contributed by atoms with van der Waals surface area (Å²) in [5.74, 6) is -0.974. The Labute approximate surface area is 141 Å². The number of esters is 1. The quantitative estimate of drug-likeness (QED) is 0.617. The summed E-state index contributed by atoms with van der Waals surface area (Å²) in [6, 6.07) is 4.79. The minimum atomic E-state index is -3.53. The lowest BCUT2D eigenvalue weighted by Crippen LogP contribution is -2.39. The van der Waals surface area contributed by atoms with E-state index in [4.69, 9.17) is 0 Å². The van der Waals surface area contributed by atoms with E-state index in [9.17, 15) is 18.0 Å². The molecule has 0 unspecified atom stereocenters. The first-order valence-corrected chi connectivity index (χ1v) is 8.92. The van der Waals surface area contributed by atoms with Crippen LogP contribution in [0.1, 0.15) is 19.4 Å². The SMILES string of the molecule is C=CCS(=O)(=O)Nc1ccc2c(c1)C(C)(C)C(=O)N2CC(=O)OC. The van der Waals surface area contributed by atoms with Crippen LogP contribution in [0.2, 0.25) is 0 Å². The Morgan fingerprint density at radius 1 is 1.42 bits per heavy atom. The van der Waals surface area contributed by atoms with Gasteiger partial charge in [-0.1, -0.05) is 6.08 Å². The zero-order chi connectivity index (χ0) is 18.1. The van der Waals surface area contributed by atoms with Crippen molar-refractivity contribution in [2.45, 2.75) is 19.3 Å². The van der Waals surface area contributed by atoms with Gasteiger partial charge in [0.05, 0.1) is 18.3 Å². The Balaban J connectivity index is 2.41. The number of carbonyl (C=O) groups excluding carboxylic acids is 2. The molecule has 0 aromatic heterocycles. The predicted octanol–water partition coefficient (Wildman–Crippen LogP) is 1.41. The van der Waals surface area contributed by atoms with Crippen molar-refractivity contribution in [3.8, 4) is 0 Å². The fourth-order valence-electron chi connectivity index (χ4n) is 2.62. The van der Waals surface area contributed by atoms with E-state index in [2.05, 4.69) is 16.0 Å². The van der Waals surface area contributed by atoms with Crippen molar-refractivity contribution in [1.82, 2.24) is 0 Å². The summed E-state index contributed by atoms with van der Waals surface area (Å²) in [5.41, 5.74) is 0.706. The maximum Gasteiger partial charge on any atom is 0.325 e. The maximum atomic E-state index is 12.6. The smallest absolute Gasteiger partial charge is 0.325 e. The molecule has 0 atom stereocenters. The summed E-state index contributed by atoms with van der Waals surface area (Å²) in [6.45, 7) is 6.68. The highest BCUT2D eigenvalue weighted by molar-refractivity contribution is 7.92. The fraction of sp³-hybridized carbons (Fsp3) is 0.375. The lowest BCUT2D eigenvalue weighted by Gasteiger charge is -2.19. The van der Waals surface area contributed by atoms with Crippen LogP contribution in [-0.2, 0) is 29.8 Å². The normalized spacial score (nSPS) is 15.8. The number of rotatable bonds is 6. The number of carbonyl (C=O) groups is 2. The van der Waals surface area contributed by atoms with E-state index in [0.29, 0.717) is 16.9 Å². The summed E-state index contributed by atoms with van der Waals surface area (Å²) >= 11 is 0. The summed E-state index contributed by atoms with van der Waals surface area (Å²) < 4.78 is 30.8. The minimum absolute atomic E-state index is 0.187. The molecule has 1 N–H and O–H groups in total. The fourth-order valence-corrected chi connectivity index (χ4v) is 3.50. The molecule has 1 aromatic carbocycles. The lowest BCUT2D eigenvalue weighted by molar-refractivity contribution is -0.140. The molecule has 24 heavy (non-hydrogen) atoms. The molecule has 130 valence electrons. The number of methoxy groups -OCH3 is 1. The van der Waals surface area contributed by atoms with Crippen molar-refractivity contribution in [1.29, 1.82) is 0 Å². The van der Waals surface area contributed by atoms with Crippen LogP contribution in [0.25, 0.3) is 0 Å². The van der Waals surface area contributed by atoms with Crippen LogP contribution in [0.5, 0.6) is 0 Å². The van der Waals surface area contributed by atoms with Crippen LogP contribution in [-0.4, -0.2) is 39.7 Å². The van der Waals surface area contributed by atoms with Gasteiger partial charge >= 0.3 is 5.97 Å². The first-order chi connectivity index (χ1) is 11.1. The number of nitrogens with one attached hydrogen (secondary N) is 1. The second kappa shape index (κ2) is 6.27. The molecule has 8 heteroatoms. The average Bonchev–Trinajstić information content (AvgIpc) is 2.68. The standard InChI is InChI=1S/C16H20N2O5S/c1-5-8-24(21,22)17-11-6-7-13-12(9-11)16(2,3)15(20)18(13)10-14(19)23-4/h5-7,9,17H,1,8,10H2,2-4H3. The Kier molecular flexibility index (Phi) is 4.70. The van der Waals surface area contributed by atoms with Crippen molar-refractivity contribution >= 4 is 33.3 Å². The highest BCUT2D eigenvalue weighted by atomic mass is 32.2. The van der Waals surface area contributed by atoms with Crippen LogP contribution in [0.4, 0.5) is 11.4 Å². The molecule has 0 spiro atoms. The van der Waals surface area contributed by atoms with E-state index < -0.39 is 21.4 Å². The Morgan fingerprint density at radius 2 is 2.08 bits per heavy atom.